The van der Waals surface area contributed by atoms with E-state index in [-0.39, 0.29) is 12.8 Å². The highest BCUT2D eigenvalue weighted by molar-refractivity contribution is 7.47. The molecule has 0 amide bonds. The molecule has 0 aromatic rings. The Bertz CT molecular complexity index is 1540. The third kappa shape index (κ3) is 35.4. The molecule has 19 nitrogen and oxygen atoms in total. The van der Waals surface area contributed by atoms with Crippen molar-refractivity contribution in [3.8, 4) is 0 Å². The van der Waals surface area contributed by atoms with Crippen molar-refractivity contribution in [2.45, 2.75) is 249 Å². The Balaban J connectivity index is 2.70. The molecular weight excluding hydrogens is 961 g/mol. The Morgan fingerprint density at radius 1 is 0.449 bits per heavy atom. The van der Waals surface area contributed by atoms with E-state index in [1.54, 1.807) is 0 Å². The zero-order valence-electron chi connectivity index (χ0n) is 41.4. The van der Waals surface area contributed by atoms with E-state index >= 15 is 0 Å². The van der Waals surface area contributed by atoms with Gasteiger partial charge < -0.3 is 49.3 Å². The number of phosphoric acid groups is 3. The quantitative estimate of drug-likeness (QED) is 0.0122. The van der Waals surface area contributed by atoms with Crippen molar-refractivity contribution >= 4 is 35.4 Å². The number of aliphatic hydroxyl groups is 3. The van der Waals surface area contributed by atoms with Gasteiger partial charge in [-0.05, 0) is 64.2 Å². The minimum Gasteiger partial charge on any atom is -0.462 e. The Labute approximate surface area is 411 Å². The van der Waals surface area contributed by atoms with Gasteiger partial charge in [0.1, 0.15) is 43.2 Å². The van der Waals surface area contributed by atoms with E-state index in [1.807, 2.05) is 0 Å². The maximum absolute atomic E-state index is 13.1. The van der Waals surface area contributed by atoms with Gasteiger partial charge in [0.15, 0.2) is 6.10 Å². The van der Waals surface area contributed by atoms with E-state index < -0.39 is 91.3 Å². The second kappa shape index (κ2) is 39.1. The molecule has 0 radical (unpaired) electrons. The van der Waals surface area contributed by atoms with Crippen LogP contribution in [0.1, 0.15) is 206 Å². The fraction of sp³-hybridized carbons (Fsp3) is 0.872. The monoisotopic (exact) mass is 1050 g/mol. The van der Waals surface area contributed by atoms with Crippen molar-refractivity contribution in [2.24, 2.45) is 0 Å². The van der Waals surface area contributed by atoms with Crippen LogP contribution in [0.3, 0.4) is 0 Å². The summed E-state index contributed by atoms with van der Waals surface area (Å²) in [6.45, 7) is 2.95. The van der Waals surface area contributed by atoms with Crippen LogP contribution in [0.25, 0.3) is 0 Å². The molecule has 8 atom stereocenters. The minimum absolute atomic E-state index is 0.00674. The molecule has 0 aliphatic heterocycles. The van der Waals surface area contributed by atoms with Crippen LogP contribution in [0, 0.1) is 0 Å². The number of carbonyl (C=O) groups excluding carboxylic acids is 2. The summed E-state index contributed by atoms with van der Waals surface area (Å²) in [7, 11) is -16.6. The predicted molar refractivity (Wildman–Crippen MR) is 261 cm³/mol. The average Bonchev–Trinajstić information content (AvgIpc) is 3.28. The van der Waals surface area contributed by atoms with Crippen molar-refractivity contribution in [1.82, 2.24) is 0 Å². The molecule has 0 aromatic carbocycles. The number of ether oxygens (including phenoxy) is 2. The molecule has 8 N–H and O–H groups in total. The van der Waals surface area contributed by atoms with Gasteiger partial charge in [-0.3, -0.25) is 27.7 Å². The Morgan fingerprint density at radius 3 is 1.20 bits per heavy atom. The normalized spacial score (nSPS) is 21.5. The van der Waals surface area contributed by atoms with E-state index in [4.69, 9.17) is 18.5 Å². The number of allylic oxidation sites excluding steroid dienone is 4. The number of carbonyl (C=O) groups is 2. The Morgan fingerprint density at radius 2 is 0.797 bits per heavy atom. The van der Waals surface area contributed by atoms with Crippen LogP contribution in [0.5, 0.6) is 0 Å². The molecule has 0 spiro atoms. The van der Waals surface area contributed by atoms with Crippen molar-refractivity contribution in [2.75, 3.05) is 13.2 Å². The standard InChI is InChI=1S/C47H89O19P3/c1-3-5-7-9-11-13-15-17-19-20-22-24-26-28-30-32-34-36-41(49)63-39(37-61-40(48)35-33-31-29-27-25-23-21-18-16-14-12-10-8-6-4-2)38-62-69(59,60)66-45-42(50)43(51)46(64-67(53,54)55)47(44(45)52)65-68(56,57)58/h17-19,21,39,42-47,50-52H,3-16,20,22-38H2,1-2H3,(H,59,60)(H2,53,54,55)(H2,56,57,58). The summed E-state index contributed by atoms with van der Waals surface area (Å²) in [5.41, 5.74) is 0. The molecule has 1 fully saturated rings. The van der Waals surface area contributed by atoms with Gasteiger partial charge in [0.05, 0.1) is 6.61 Å². The highest BCUT2D eigenvalue weighted by atomic mass is 31.2. The largest absolute Gasteiger partial charge is 0.472 e. The van der Waals surface area contributed by atoms with E-state index in [1.165, 1.54) is 77.0 Å². The van der Waals surface area contributed by atoms with Gasteiger partial charge in [-0.15, -0.1) is 0 Å². The van der Waals surface area contributed by atoms with Gasteiger partial charge in [-0.25, -0.2) is 13.7 Å². The molecule has 0 bridgehead atoms. The van der Waals surface area contributed by atoms with Crippen LogP contribution in [-0.4, -0.2) is 108 Å². The molecular formula is C47H89O19P3. The number of hydrogen-bond donors (Lipinski definition) is 8. The lowest BCUT2D eigenvalue weighted by atomic mass is 9.85. The van der Waals surface area contributed by atoms with Crippen molar-refractivity contribution in [1.29, 1.82) is 0 Å². The van der Waals surface area contributed by atoms with Gasteiger partial charge in [0.2, 0.25) is 0 Å². The van der Waals surface area contributed by atoms with Crippen molar-refractivity contribution in [3.05, 3.63) is 24.3 Å². The maximum Gasteiger partial charge on any atom is 0.472 e. The van der Waals surface area contributed by atoms with Crippen LogP contribution >= 0.6 is 23.5 Å². The molecule has 69 heavy (non-hydrogen) atoms. The molecule has 8 unspecified atom stereocenters. The van der Waals surface area contributed by atoms with Crippen LogP contribution in [0.4, 0.5) is 0 Å². The summed E-state index contributed by atoms with van der Waals surface area (Å²) in [4.78, 5) is 73.3. The molecule has 1 aliphatic carbocycles. The summed E-state index contributed by atoms with van der Waals surface area (Å²) < 4.78 is 65.6. The SMILES string of the molecule is CCCCCCCCC=CCCCCCCCCCC(=O)OC(COC(=O)CCCCCCCC=CCCCCCCCC)COP(=O)(O)OC1C(O)C(O)C(OP(=O)(O)O)C(OP(=O)(O)O)C1O. The summed E-state index contributed by atoms with van der Waals surface area (Å²) in [5.74, 6) is -1.31. The predicted octanol–water partition coefficient (Wildman–Crippen LogP) is 9.85. The van der Waals surface area contributed by atoms with Crippen LogP contribution in [0.15, 0.2) is 24.3 Å². The second-order valence-electron chi connectivity index (χ2n) is 18.1. The summed E-state index contributed by atoms with van der Waals surface area (Å²) >= 11 is 0. The molecule has 22 heteroatoms. The zero-order chi connectivity index (χ0) is 51.4. The maximum atomic E-state index is 13.1. The number of phosphoric ester groups is 3. The highest BCUT2D eigenvalue weighted by Crippen LogP contribution is 2.51. The van der Waals surface area contributed by atoms with Crippen LogP contribution < -0.4 is 0 Å². The average molecular weight is 1050 g/mol. The van der Waals surface area contributed by atoms with Gasteiger partial charge in [-0.1, -0.05) is 154 Å². The highest BCUT2D eigenvalue weighted by Gasteiger charge is 2.56. The lowest BCUT2D eigenvalue weighted by Crippen LogP contribution is -2.65. The van der Waals surface area contributed by atoms with E-state index in [9.17, 15) is 63.1 Å². The first-order chi connectivity index (χ1) is 32.8. The lowest BCUT2D eigenvalue weighted by molar-refractivity contribution is -0.213. The number of aliphatic hydroxyl groups excluding tert-OH is 3. The Kier molecular flexibility index (Phi) is 37.2. The van der Waals surface area contributed by atoms with Gasteiger partial charge >= 0.3 is 35.4 Å². The fourth-order valence-electron chi connectivity index (χ4n) is 7.87. The van der Waals surface area contributed by atoms with E-state index in [2.05, 4.69) is 47.2 Å². The van der Waals surface area contributed by atoms with E-state index in [0.29, 0.717) is 12.8 Å². The summed E-state index contributed by atoms with van der Waals surface area (Å²) in [5, 5.41) is 31.9. The van der Waals surface area contributed by atoms with Crippen LogP contribution in [0.2, 0.25) is 0 Å². The number of hydrogen-bond acceptors (Lipinski definition) is 14. The van der Waals surface area contributed by atoms with Crippen LogP contribution in [-0.2, 0) is 50.9 Å². The van der Waals surface area contributed by atoms with Crippen molar-refractivity contribution in [3.63, 3.8) is 0 Å². The topological polar surface area (TPSA) is 303 Å². The fourth-order valence-corrected chi connectivity index (χ4v) is 9.96. The third-order valence-electron chi connectivity index (χ3n) is 11.7. The molecule has 0 heterocycles. The first kappa shape index (κ1) is 65.6. The number of rotatable bonds is 44. The first-order valence-electron chi connectivity index (χ1n) is 25.6. The first-order valence-corrected chi connectivity index (χ1v) is 30.2. The molecule has 0 aromatic heterocycles. The third-order valence-corrected chi connectivity index (χ3v) is 13.8. The molecule has 1 aliphatic rings. The van der Waals surface area contributed by atoms with Gasteiger partial charge in [0, 0.05) is 12.8 Å². The minimum atomic E-state index is -5.60. The van der Waals surface area contributed by atoms with Crippen molar-refractivity contribution < 1.29 is 90.6 Å². The summed E-state index contributed by atoms with van der Waals surface area (Å²) in [6.07, 6.45) is 23.2. The zero-order valence-corrected chi connectivity index (χ0v) is 44.1. The molecule has 1 saturated carbocycles. The Hall–Kier alpha value is -1.37. The lowest BCUT2D eigenvalue weighted by Gasteiger charge is -2.44. The molecule has 1 rings (SSSR count). The van der Waals surface area contributed by atoms with Gasteiger partial charge in [0.25, 0.3) is 0 Å². The molecule has 406 valence electrons. The molecule has 0 saturated heterocycles. The smallest absolute Gasteiger partial charge is 0.462 e. The second-order valence-corrected chi connectivity index (χ2v) is 21.9. The number of esters is 2. The van der Waals surface area contributed by atoms with Gasteiger partial charge in [-0.2, -0.15) is 0 Å². The van der Waals surface area contributed by atoms with E-state index in [0.717, 1.165) is 89.9 Å². The number of unbranched alkanes of at least 4 members (excludes halogenated alkanes) is 24. The summed E-state index contributed by atoms with van der Waals surface area (Å²) in [6, 6.07) is 0.